The van der Waals surface area contributed by atoms with Gasteiger partial charge in [-0.2, -0.15) is 0 Å². The molecule has 15 heavy (non-hydrogen) atoms. The molecule has 2 N–H and O–H groups in total. The molecule has 0 aromatic heterocycles. The molecule has 0 amide bonds. The summed E-state index contributed by atoms with van der Waals surface area (Å²) in [6.45, 7) is 7.76. The smallest absolute Gasteiger partial charge is 0.0376 e. The lowest BCUT2D eigenvalue weighted by Crippen LogP contribution is -2.26. The van der Waals surface area contributed by atoms with E-state index >= 15 is 0 Å². The van der Waals surface area contributed by atoms with Crippen molar-refractivity contribution in [3.05, 3.63) is 29.8 Å². The zero-order chi connectivity index (χ0) is 10.7. The molecule has 0 radical (unpaired) electrons. The fourth-order valence-corrected chi connectivity index (χ4v) is 2.09. The van der Waals surface area contributed by atoms with Gasteiger partial charge in [-0.25, -0.2) is 0 Å². The highest BCUT2D eigenvalue weighted by molar-refractivity contribution is 5.57. The van der Waals surface area contributed by atoms with Crippen molar-refractivity contribution in [2.75, 3.05) is 25.0 Å². The van der Waals surface area contributed by atoms with Crippen molar-refractivity contribution >= 4 is 5.69 Å². The molecule has 0 aliphatic carbocycles. The molecule has 1 aromatic carbocycles. The first kappa shape index (κ1) is 10.5. The monoisotopic (exact) mass is 204 g/mol. The number of nitrogens with one attached hydrogen (secondary N) is 2. The van der Waals surface area contributed by atoms with E-state index in [4.69, 9.17) is 0 Å². The van der Waals surface area contributed by atoms with Gasteiger partial charge in [0.25, 0.3) is 0 Å². The third kappa shape index (κ3) is 2.51. The first-order valence-electron chi connectivity index (χ1n) is 5.81. The standard InChI is InChI=1S/C13H20N2/c1-10(2)7-14-8-11-9-15-13-6-4-3-5-12(11)13/h3-6,10-11,14-15H,7-9H2,1-2H3. The Morgan fingerprint density at radius 3 is 3.00 bits per heavy atom. The molecule has 0 bridgehead atoms. The van der Waals surface area contributed by atoms with E-state index in [1.54, 1.807) is 0 Å². The normalized spacial score (nSPS) is 19.0. The molecule has 1 atom stereocenters. The van der Waals surface area contributed by atoms with E-state index in [9.17, 15) is 0 Å². The van der Waals surface area contributed by atoms with Crippen molar-refractivity contribution in [2.24, 2.45) is 5.92 Å². The van der Waals surface area contributed by atoms with E-state index in [-0.39, 0.29) is 0 Å². The summed E-state index contributed by atoms with van der Waals surface area (Å²) < 4.78 is 0. The van der Waals surface area contributed by atoms with Gasteiger partial charge in [0.2, 0.25) is 0 Å². The van der Waals surface area contributed by atoms with Crippen LogP contribution < -0.4 is 10.6 Å². The van der Waals surface area contributed by atoms with Gasteiger partial charge in [0.05, 0.1) is 0 Å². The van der Waals surface area contributed by atoms with Crippen LogP contribution in [-0.2, 0) is 0 Å². The van der Waals surface area contributed by atoms with Crippen LogP contribution in [0.4, 0.5) is 5.69 Å². The second kappa shape index (κ2) is 4.67. The zero-order valence-corrected chi connectivity index (χ0v) is 9.59. The SMILES string of the molecule is CC(C)CNCC1CNc2ccccc21. The van der Waals surface area contributed by atoms with E-state index in [2.05, 4.69) is 48.7 Å². The molecule has 1 unspecified atom stereocenters. The summed E-state index contributed by atoms with van der Waals surface area (Å²) in [5, 5.41) is 6.98. The van der Waals surface area contributed by atoms with Gasteiger partial charge in [-0.05, 0) is 24.1 Å². The molecule has 0 saturated heterocycles. The Kier molecular flexibility index (Phi) is 3.27. The van der Waals surface area contributed by atoms with Crippen LogP contribution in [-0.4, -0.2) is 19.6 Å². The van der Waals surface area contributed by atoms with Gasteiger partial charge in [0, 0.05) is 24.7 Å². The molecular formula is C13H20N2. The fourth-order valence-electron chi connectivity index (χ4n) is 2.09. The van der Waals surface area contributed by atoms with Crippen LogP contribution in [0.5, 0.6) is 0 Å². The summed E-state index contributed by atoms with van der Waals surface area (Å²) in [4.78, 5) is 0. The third-order valence-electron chi connectivity index (χ3n) is 2.88. The quantitative estimate of drug-likeness (QED) is 0.787. The molecule has 1 aliphatic rings. The lowest BCUT2D eigenvalue weighted by atomic mass is 10.0. The van der Waals surface area contributed by atoms with E-state index in [0.29, 0.717) is 5.92 Å². The van der Waals surface area contributed by atoms with Crippen molar-refractivity contribution in [1.82, 2.24) is 5.32 Å². The van der Waals surface area contributed by atoms with Gasteiger partial charge in [0.15, 0.2) is 0 Å². The van der Waals surface area contributed by atoms with Crippen LogP contribution in [0, 0.1) is 5.92 Å². The van der Waals surface area contributed by atoms with Crippen LogP contribution in [0.1, 0.15) is 25.3 Å². The number of anilines is 1. The zero-order valence-electron chi connectivity index (χ0n) is 9.59. The van der Waals surface area contributed by atoms with Crippen LogP contribution in [0.2, 0.25) is 0 Å². The second-order valence-corrected chi connectivity index (χ2v) is 4.72. The molecule has 1 heterocycles. The number of fused-ring (bicyclic) bond motifs is 1. The maximum atomic E-state index is 3.53. The number of benzene rings is 1. The van der Waals surface area contributed by atoms with Crippen molar-refractivity contribution < 1.29 is 0 Å². The van der Waals surface area contributed by atoms with Crippen molar-refractivity contribution in [3.8, 4) is 0 Å². The predicted molar refractivity (Wildman–Crippen MR) is 65.4 cm³/mol. The van der Waals surface area contributed by atoms with Crippen LogP contribution >= 0.6 is 0 Å². The average molecular weight is 204 g/mol. The highest BCUT2D eigenvalue weighted by Crippen LogP contribution is 2.30. The largest absolute Gasteiger partial charge is 0.384 e. The average Bonchev–Trinajstić information content (AvgIpc) is 2.62. The predicted octanol–water partition coefficient (Wildman–Crippen LogP) is 2.44. The van der Waals surface area contributed by atoms with E-state index in [1.165, 1.54) is 11.3 Å². The molecule has 82 valence electrons. The third-order valence-corrected chi connectivity index (χ3v) is 2.88. The highest BCUT2D eigenvalue weighted by Gasteiger charge is 2.20. The van der Waals surface area contributed by atoms with Crippen molar-refractivity contribution in [2.45, 2.75) is 19.8 Å². The molecule has 2 rings (SSSR count). The van der Waals surface area contributed by atoms with Crippen LogP contribution in [0.25, 0.3) is 0 Å². The Hall–Kier alpha value is -1.02. The van der Waals surface area contributed by atoms with Gasteiger partial charge in [-0.15, -0.1) is 0 Å². The Bertz CT molecular complexity index is 320. The van der Waals surface area contributed by atoms with Gasteiger partial charge in [-0.3, -0.25) is 0 Å². The van der Waals surface area contributed by atoms with E-state index < -0.39 is 0 Å². The van der Waals surface area contributed by atoms with Crippen molar-refractivity contribution in [1.29, 1.82) is 0 Å². The number of hydrogen-bond acceptors (Lipinski definition) is 2. The highest BCUT2D eigenvalue weighted by atomic mass is 14.9. The second-order valence-electron chi connectivity index (χ2n) is 4.72. The van der Waals surface area contributed by atoms with Crippen LogP contribution in [0.3, 0.4) is 0 Å². The van der Waals surface area contributed by atoms with Gasteiger partial charge in [-0.1, -0.05) is 32.0 Å². The first-order chi connectivity index (χ1) is 7.27. The number of rotatable bonds is 4. The number of hydrogen-bond donors (Lipinski definition) is 2. The lowest BCUT2D eigenvalue weighted by molar-refractivity contribution is 0.528. The molecular weight excluding hydrogens is 184 g/mol. The minimum Gasteiger partial charge on any atom is -0.384 e. The molecule has 0 fully saturated rings. The minimum absolute atomic E-state index is 0.639. The van der Waals surface area contributed by atoms with Crippen LogP contribution in [0.15, 0.2) is 24.3 Å². The molecule has 0 saturated carbocycles. The molecule has 1 aromatic rings. The van der Waals surface area contributed by atoms with E-state index in [1.807, 2.05) is 0 Å². The maximum absolute atomic E-state index is 3.53. The Morgan fingerprint density at radius 2 is 2.20 bits per heavy atom. The summed E-state index contributed by atoms with van der Waals surface area (Å²) in [6, 6.07) is 8.62. The Balaban J connectivity index is 1.90. The topological polar surface area (TPSA) is 24.1 Å². The minimum atomic E-state index is 0.639. The Morgan fingerprint density at radius 1 is 1.40 bits per heavy atom. The van der Waals surface area contributed by atoms with Gasteiger partial charge >= 0.3 is 0 Å². The number of para-hydroxylation sites is 1. The fraction of sp³-hybridized carbons (Fsp3) is 0.538. The van der Waals surface area contributed by atoms with Gasteiger partial charge in [0.1, 0.15) is 0 Å². The molecule has 0 spiro atoms. The van der Waals surface area contributed by atoms with Crippen molar-refractivity contribution in [3.63, 3.8) is 0 Å². The van der Waals surface area contributed by atoms with E-state index in [0.717, 1.165) is 25.6 Å². The summed E-state index contributed by atoms with van der Waals surface area (Å²) in [7, 11) is 0. The maximum Gasteiger partial charge on any atom is 0.0376 e. The summed E-state index contributed by atoms with van der Waals surface area (Å²) in [6.07, 6.45) is 0. The first-order valence-corrected chi connectivity index (χ1v) is 5.81. The molecule has 1 aliphatic heterocycles. The summed E-state index contributed by atoms with van der Waals surface area (Å²) in [5.74, 6) is 1.37. The van der Waals surface area contributed by atoms with Gasteiger partial charge < -0.3 is 10.6 Å². The molecule has 2 nitrogen and oxygen atoms in total. The summed E-state index contributed by atoms with van der Waals surface area (Å²) >= 11 is 0. The lowest BCUT2D eigenvalue weighted by Gasteiger charge is -2.12. The summed E-state index contributed by atoms with van der Waals surface area (Å²) in [5.41, 5.74) is 2.78. The molecule has 2 heteroatoms. The Labute approximate surface area is 92.1 Å².